The maximum atomic E-state index is 4.51. The van der Waals surface area contributed by atoms with Gasteiger partial charge in [0, 0.05) is 26.7 Å². The van der Waals surface area contributed by atoms with Crippen LogP contribution in [0.25, 0.3) is 0 Å². The summed E-state index contributed by atoms with van der Waals surface area (Å²) in [5.41, 5.74) is 0. The third kappa shape index (κ3) is 7.06. The van der Waals surface area contributed by atoms with E-state index in [1.807, 2.05) is 7.05 Å². The second-order valence-electron chi connectivity index (χ2n) is 7.87. The van der Waals surface area contributed by atoms with Gasteiger partial charge in [0.15, 0.2) is 5.96 Å². The minimum Gasteiger partial charge on any atom is -0.356 e. The number of halogens is 1. The van der Waals surface area contributed by atoms with E-state index in [4.69, 9.17) is 0 Å². The Morgan fingerprint density at radius 1 is 1.12 bits per heavy atom. The Labute approximate surface area is 166 Å². The standard InChI is InChI=1S/C19H38N4.HI/c1-5-22-11-7-17(8-12-22)6-10-21-19(20-4)23-13-9-18(15-23)14-16(2)3;/h16-18H,5-15H2,1-4H3,(H,20,21);1H. The average Bonchev–Trinajstić information content (AvgIpc) is 2.99. The van der Waals surface area contributed by atoms with Crippen molar-refractivity contribution in [3.63, 3.8) is 0 Å². The van der Waals surface area contributed by atoms with E-state index in [2.05, 4.69) is 40.9 Å². The molecule has 0 bridgehead atoms. The van der Waals surface area contributed by atoms with E-state index in [0.29, 0.717) is 0 Å². The Morgan fingerprint density at radius 2 is 1.79 bits per heavy atom. The predicted molar refractivity (Wildman–Crippen MR) is 115 cm³/mol. The Bertz CT molecular complexity index is 364. The molecule has 2 fully saturated rings. The molecule has 0 aromatic carbocycles. The highest BCUT2D eigenvalue weighted by Gasteiger charge is 2.25. The first-order valence-corrected chi connectivity index (χ1v) is 9.80. The number of piperidine rings is 1. The third-order valence-corrected chi connectivity index (χ3v) is 5.59. The van der Waals surface area contributed by atoms with Crippen molar-refractivity contribution < 1.29 is 0 Å². The molecule has 142 valence electrons. The zero-order valence-corrected chi connectivity index (χ0v) is 18.6. The molecule has 0 aromatic rings. The van der Waals surface area contributed by atoms with Crippen LogP contribution in [-0.4, -0.2) is 62.1 Å². The van der Waals surface area contributed by atoms with Crippen LogP contribution in [0, 0.1) is 17.8 Å². The van der Waals surface area contributed by atoms with E-state index in [1.54, 1.807) is 0 Å². The van der Waals surface area contributed by atoms with Gasteiger partial charge in [0.25, 0.3) is 0 Å². The highest BCUT2D eigenvalue weighted by Crippen LogP contribution is 2.23. The first-order chi connectivity index (χ1) is 11.1. The molecule has 4 nitrogen and oxygen atoms in total. The van der Waals surface area contributed by atoms with Crippen LogP contribution in [-0.2, 0) is 0 Å². The van der Waals surface area contributed by atoms with Crippen LogP contribution >= 0.6 is 24.0 Å². The summed E-state index contributed by atoms with van der Waals surface area (Å²) in [5, 5.41) is 3.62. The molecule has 0 amide bonds. The number of nitrogens with one attached hydrogen (secondary N) is 1. The molecule has 5 heteroatoms. The first kappa shape index (κ1) is 22.0. The average molecular weight is 450 g/mol. The van der Waals surface area contributed by atoms with Crippen molar-refractivity contribution in [3.8, 4) is 0 Å². The topological polar surface area (TPSA) is 30.9 Å². The molecule has 0 spiro atoms. The van der Waals surface area contributed by atoms with Crippen molar-refractivity contribution in [1.29, 1.82) is 0 Å². The number of likely N-dealkylation sites (tertiary alicyclic amines) is 2. The smallest absolute Gasteiger partial charge is 0.193 e. The van der Waals surface area contributed by atoms with E-state index < -0.39 is 0 Å². The monoisotopic (exact) mass is 450 g/mol. The van der Waals surface area contributed by atoms with Crippen molar-refractivity contribution >= 4 is 29.9 Å². The largest absolute Gasteiger partial charge is 0.356 e. The van der Waals surface area contributed by atoms with Crippen LogP contribution in [0.15, 0.2) is 4.99 Å². The molecule has 0 saturated carbocycles. The molecule has 1 atom stereocenters. The quantitative estimate of drug-likeness (QED) is 0.381. The predicted octanol–water partition coefficient (Wildman–Crippen LogP) is 3.67. The molecule has 0 aromatic heterocycles. The lowest BCUT2D eigenvalue weighted by Crippen LogP contribution is -2.41. The second kappa shape index (κ2) is 11.6. The van der Waals surface area contributed by atoms with Crippen molar-refractivity contribution in [3.05, 3.63) is 0 Å². The lowest BCUT2D eigenvalue weighted by molar-refractivity contribution is 0.187. The summed E-state index contributed by atoms with van der Waals surface area (Å²) in [5.74, 6) is 3.69. The van der Waals surface area contributed by atoms with Crippen LogP contribution in [0.4, 0.5) is 0 Å². The number of guanidine groups is 1. The van der Waals surface area contributed by atoms with Crippen LogP contribution in [0.3, 0.4) is 0 Å². The van der Waals surface area contributed by atoms with Crippen LogP contribution in [0.5, 0.6) is 0 Å². The van der Waals surface area contributed by atoms with Crippen molar-refractivity contribution in [1.82, 2.24) is 15.1 Å². The van der Waals surface area contributed by atoms with Crippen molar-refractivity contribution in [2.45, 2.75) is 52.9 Å². The SMILES string of the molecule is CCN1CCC(CCNC(=NC)N2CCC(CC(C)C)C2)CC1.I. The fourth-order valence-electron chi connectivity index (χ4n) is 4.20. The van der Waals surface area contributed by atoms with Gasteiger partial charge in [0.2, 0.25) is 0 Å². The number of nitrogens with zero attached hydrogens (tertiary/aromatic N) is 3. The van der Waals surface area contributed by atoms with Crippen LogP contribution in [0.1, 0.15) is 52.9 Å². The van der Waals surface area contributed by atoms with Gasteiger partial charge in [-0.1, -0.05) is 20.8 Å². The molecule has 2 aliphatic rings. The summed E-state index contributed by atoms with van der Waals surface area (Å²) in [4.78, 5) is 9.55. The van der Waals surface area contributed by atoms with E-state index in [-0.39, 0.29) is 24.0 Å². The molecule has 2 saturated heterocycles. The van der Waals surface area contributed by atoms with Gasteiger partial charge < -0.3 is 15.1 Å². The van der Waals surface area contributed by atoms with Crippen molar-refractivity contribution in [2.24, 2.45) is 22.7 Å². The molecule has 1 unspecified atom stereocenters. The molecule has 1 N–H and O–H groups in total. The number of hydrogen-bond donors (Lipinski definition) is 1. The number of aliphatic imine (C=N–C) groups is 1. The lowest BCUT2D eigenvalue weighted by atomic mass is 9.93. The Balaban J connectivity index is 0.00000288. The van der Waals surface area contributed by atoms with Crippen LogP contribution < -0.4 is 5.32 Å². The second-order valence-corrected chi connectivity index (χ2v) is 7.87. The van der Waals surface area contributed by atoms with Gasteiger partial charge in [0.1, 0.15) is 0 Å². The van der Waals surface area contributed by atoms with Gasteiger partial charge in [-0.15, -0.1) is 24.0 Å². The summed E-state index contributed by atoms with van der Waals surface area (Å²) in [7, 11) is 1.93. The minimum atomic E-state index is 0. The molecule has 2 rings (SSSR count). The minimum absolute atomic E-state index is 0. The lowest BCUT2D eigenvalue weighted by Gasteiger charge is -2.31. The molecule has 24 heavy (non-hydrogen) atoms. The summed E-state index contributed by atoms with van der Waals surface area (Å²) in [6.07, 6.45) is 6.71. The number of rotatable bonds is 6. The van der Waals surface area contributed by atoms with Gasteiger partial charge >= 0.3 is 0 Å². The van der Waals surface area contributed by atoms with Gasteiger partial charge in [-0.3, -0.25) is 4.99 Å². The fraction of sp³-hybridized carbons (Fsp3) is 0.947. The Hall–Kier alpha value is -0.0400. The summed E-state index contributed by atoms with van der Waals surface area (Å²) >= 11 is 0. The highest BCUT2D eigenvalue weighted by molar-refractivity contribution is 14.0. The third-order valence-electron chi connectivity index (χ3n) is 5.59. The van der Waals surface area contributed by atoms with Gasteiger partial charge in [-0.25, -0.2) is 0 Å². The van der Waals surface area contributed by atoms with E-state index in [0.717, 1.165) is 30.3 Å². The van der Waals surface area contributed by atoms with Gasteiger partial charge in [0.05, 0.1) is 0 Å². The normalized spacial score (nSPS) is 23.6. The van der Waals surface area contributed by atoms with E-state index >= 15 is 0 Å². The molecule has 0 radical (unpaired) electrons. The molecule has 2 heterocycles. The number of hydrogen-bond acceptors (Lipinski definition) is 2. The zero-order chi connectivity index (χ0) is 16.7. The zero-order valence-electron chi connectivity index (χ0n) is 16.3. The van der Waals surface area contributed by atoms with Crippen molar-refractivity contribution in [2.75, 3.05) is 46.3 Å². The fourth-order valence-corrected chi connectivity index (χ4v) is 4.20. The summed E-state index contributed by atoms with van der Waals surface area (Å²) in [6, 6.07) is 0. The molecular formula is C19H39IN4. The van der Waals surface area contributed by atoms with Gasteiger partial charge in [-0.05, 0) is 69.5 Å². The van der Waals surface area contributed by atoms with E-state index in [9.17, 15) is 0 Å². The van der Waals surface area contributed by atoms with E-state index in [1.165, 1.54) is 64.8 Å². The Kier molecular flexibility index (Phi) is 10.6. The maximum absolute atomic E-state index is 4.51. The molecule has 2 aliphatic heterocycles. The van der Waals surface area contributed by atoms with Gasteiger partial charge in [-0.2, -0.15) is 0 Å². The summed E-state index contributed by atoms with van der Waals surface area (Å²) < 4.78 is 0. The molecular weight excluding hydrogens is 411 g/mol. The highest BCUT2D eigenvalue weighted by atomic mass is 127. The molecule has 0 aliphatic carbocycles. The first-order valence-electron chi connectivity index (χ1n) is 9.80. The Morgan fingerprint density at radius 3 is 2.38 bits per heavy atom. The maximum Gasteiger partial charge on any atom is 0.193 e. The van der Waals surface area contributed by atoms with Crippen LogP contribution in [0.2, 0.25) is 0 Å². The summed E-state index contributed by atoms with van der Waals surface area (Å²) in [6.45, 7) is 14.2.